The molecule has 8 heteroatoms. The molecule has 0 saturated carbocycles. The lowest BCUT2D eigenvalue weighted by atomic mass is 10.2. The molecule has 1 amide bonds. The quantitative estimate of drug-likeness (QED) is 0.483. The Morgan fingerprint density at radius 2 is 2.23 bits per heavy atom. The third-order valence-electron chi connectivity index (χ3n) is 5.15. The number of nitrogens with one attached hydrogen (secondary N) is 1. The summed E-state index contributed by atoms with van der Waals surface area (Å²) in [6, 6.07) is 11.9. The Kier molecular flexibility index (Phi) is 7.30. The maximum Gasteiger partial charge on any atom is 0.241 e. The first-order valence-electron chi connectivity index (χ1n) is 10.1. The second kappa shape index (κ2) is 10.1. The standard InChI is InChI=1S/C22H26N4OS3/c1-15-24-18-12-16(7-8-20(18)29-15)25-22(27)19-13-17(14-26(19)10-5-11-28-2)30-21-6-3-4-9-23-21/h3-4,6-9,12,17,19H,5,10-11,13-14H2,1-2H3,(H,25,27)/t17-,19+/m1/s1. The molecule has 0 aliphatic carbocycles. The number of thioether (sulfide) groups is 2. The van der Waals surface area contributed by atoms with Gasteiger partial charge in [0.2, 0.25) is 5.91 Å². The van der Waals surface area contributed by atoms with Gasteiger partial charge in [-0.1, -0.05) is 6.07 Å². The minimum atomic E-state index is -0.110. The number of pyridine rings is 1. The van der Waals surface area contributed by atoms with E-state index in [1.807, 2.05) is 61.3 Å². The Bertz CT molecular complexity index is 994. The van der Waals surface area contributed by atoms with Crippen LogP contribution in [0.1, 0.15) is 17.8 Å². The van der Waals surface area contributed by atoms with Crippen LogP contribution in [0.5, 0.6) is 0 Å². The second-order valence-electron chi connectivity index (χ2n) is 7.41. The molecule has 0 radical (unpaired) electrons. The fraction of sp³-hybridized carbons (Fsp3) is 0.409. The number of nitrogens with zero attached hydrogens (tertiary/aromatic N) is 3. The molecule has 0 bridgehead atoms. The van der Waals surface area contributed by atoms with Crippen LogP contribution in [-0.2, 0) is 4.79 Å². The van der Waals surface area contributed by atoms with Crippen molar-refractivity contribution >= 4 is 56.7 Å². The van der Waals surface area contributed by atoms with Crippen molar-refractivity contribution < 1.29 is 4.79 Å². The number of carbonyl (C=O) groups excluding carboxylic acids is 1. The van der Waals surface area contributed by atoms with Crippen LogP contribution in [0.25, 0.3) is 10.2 Å². The van der Waals surface area contributed by atoms with Gasteiger partial charge in [0, 0.05) is 23.7 Å². The van der Waals surface area contributed by atoms with E-state index in [9.17, 15) is 4.79 Å². The van der Waals surface area contributed by atoms with E-state index in [4.69, 9.17) is 0 Å². The van der Waals surface area contributed by atoms with Crippen LogP contribution in [0.3, 0.4) is 0 Å². The van der Waals surface area contributed by atoms with E-state index >= 15 is 0 Å². The molecule has 30 heavy (non-hydrogen) atoms. The zero-order valence-electron chi connectivity index (χ0n) is 17.2. The van der Waals surface area contributed by atoms with Crippen molar-refractivity contribution in [3.05, 3.63) is 47.6 Å². The first kappa shape index (κ1) is 21.6. The first-order chi connectivity index (χ1) is 14.6. The topological polar surface area (TPSA) is 58.1 Å². The van der Waals surface area contributed by atoms with Crippen molar-refractivity contribution in [1.82, 2.24) is 14.9 Å². The Labute approximate surface area is 190 Å². The van der Waals surface area contributed by atoms with E-state index in [0.29, 0.717) is 5.25 Å². The molecular weight excluding hydrogens is 432 g/mol. The molecule has 0 unspecified atom stereocenters. The third-order valence-corrected chi connectivity index (χ3v) is 7.96. The molecule has 2 aromatic heterocycles. The van der Waals surface area contributed by atoms with Gasteiger partial charge in [-0.3, -0.25) is 9.69 Å². The minimum absolute atomic E-state index is 0.0783. The number of rotatable bonds is 8. The molecule has 1 aliphatic heterocycles. The van der Waals surface area contributed by atoms with Gasteiger partial charge < -0.3 is 5.32 Å². The van der Waals surface area contributed by atoms with Gasteiger partial charge in [0.1, 0.15) is 0 Å². The summed E-state index contributed by atoms with van der Waals surface area (Å²) in [6.07, 6.45) is 5.89. The lowest BCUT2D eigenvalue weighted by molar-refractivity contribution is -0.120. The lowest BCUT2D eigenvalue weighted by Crippen LogP contribution is -2.40. The van der Waals surface area contributed by atoms with E-state index in [0.717, 1.165) is 57.6 Å². The Morgan fingerprint density at radius 3 is 3.03 bits per heavy atom. The molecule has 0 spiro atoms. The maximum atomic E-state index is 13.2. The number of aromatic nitrogens is 2. The highest BCUT2D eigenvalue weighted by atomic mass is 32.2. The molecule has 3 aromatic rings. The number of thiazole rings is 1. The number of amides is 1. The SMILES string of the molecule is CSCCCN1C[C@H](Sc2ccccn2)C[C@H]1C(=O)Nc1ccc2sc(C)nc2c1. The van der Waals surface area contributed by atoms with E-state index in [-0.39, 0.29) is 11.9 Å². The lowest BCUT2D eigenvalue weighted by Gasteiger charge is -2.23. The molecule has 1 aliphatic rings. The normalized spacial score (nSPS) is 19.4. The Hall–Kier alpha value is -1.61. The summed E-state index contributed by atoms with van der Waals surface area (Å²) in [5, 5.41) is 5.58. The predicted octanol–water partition coefficient (Wildman–Crippen LogP) is 4.93. The van der Waals surface area contributed by atoms with Gasteiger partial charge in [-0.05, 0) is 68.7 Å². The van der Waals surface area contributed by atoms with Crippen LogP contribution in [0.2, 0.25) is 0 Å². The summed E-state index contributed by atoms with van der Waals surface area (Å²) >= 11 is 5.31. The fourth-order valence-corrected chi connectivity index (χ4v) is 6.20. The van der Waals surface area contributed by atoms with E-state index in [1.54, 1.807) is 23.1 Å². The molecule has 1 saturated heterocycles. The van der Waals surface area contributed by atoms with Crippen molar-refractivity contribution in [2.45, 2.75) is 36.1 Å². The molecule has 158 valence electrons. The van der Waals surface area contributed by atoms with Gasteiger partial charge in [-0.15, -0.1) is 23.1 Å². The van der Waals surface area contributed by atoms with Crippen LogP contribution in [-0.4, -0.2) is 57.2 Å². The average molecular weight is 459 g/mol. The predicted molar refractivity (Wildman–Crippen MR) is 130 cm³/mol. The van der Waals surface area contributed by atoms with Crippen LogP contribution in [0.15, 0.2) is 47.6 Å². The number of anilines is 1. The number of aryl methyl sites for hydroxylation is 1. The van der Waals surface area contributed by atoms with Gasteiger partial charge >= 0.3 is 0 Å². The summed E-state index contributed by atoms with van der Waals surface area (Å²) in [6.45, 7) is 3.87. The van der Waals surface area contributed by atoms with Crippen molar-refractivity contribution in [2.24, 2.45) is 0 Å². The van der Waals surface area contributed by atoms with E-state index in [2.05, 4.69) is 26.4 Å². The fourth-order valence-electron chi connectivity index (χ4n) is 3.81. The van der Waals surface area contributed by atoms with Gasteiger partial charge in [0.15, 0.2) is 0 Å². The van der Waals surface area contributed by atoms with Crippen LogP contribution < -0.4 is 5.32 Å². The van der Waals surface area contributed by atoms with Gasteiger partial charge in [0.05, 0.1) is 26.3 Å². The van der Waals surface area contributed by atoms with Crippen LogP contribution in [0.4, 0.5) is 5.69 Å². The number of carbonyl (C=O) groups is 1. The highest BCUT2D eigenvalue weighted by Gasteiger charge is 2.37. The molecular formula is C22H26N4OS3. The molecule has 2 atom stereocenters. The first-order valence-corrected chi connectivity index (χ1v) is 13.2. The van der Waals surface area contributed by atoms with Crippen molar-refractivity contribution in [2.75, 3.05) is 30.4 Å². The smallest absolute Gasteiger partial charge is 0.241 e. The second-order valence-corrected chi connectivity index (χ2v) is 10.9. The summed E-state index contributed by atoms with van der Waals surface area (Å²) in [5.41, 5.74) is 1.77. The van der Waals surface area contributed by atoms with Crippen molar-refractivity contribution in [1.29, 1.82) is 0 Å². The van der Waals surface area contributed by atoms with E-state index < -0.39 is 0 Å². The zero-order valence-corrected chi connectivity index (χ0v) is 19.7. The third kappa shape index (κ3) is 5.35. The molecule has 1 aromatic carbocycles. The van der Waals surface area contributed by atoms with Gasteiger partial charge in [-0.25, -0.2) is 9.97 Å². The zero-order chi connectivity index (χ0) is 20.9. The number of likely N-dealkylation sites (tertiary alicyclic amines) is 1. The molecule has 3 heterocycles. The number of hydrogen-bond donors (Lipinski definition) is 1. The molecule has 1 N–H and O–H groups in total. The number of fused-ring (bicyclic) bond motifs is 1. The van der Waals surface area contributed by atoms with Gasteiger partial charge in [0.25, 0.3) is 0 Å². The monoisotopic (exact) mass is 458 g/mol. The summed E-state index contributed by atoms with van der Waals surface area (Å²) < 4.78 is 1.15. The minimum Gasteiger partial charge on any atom is -0.325 e. The number of benzene rings is 1. The maximum absolute atomic E-state index is 13.2. The summed E-state index contributed by atoms with van der Waals surface area (Å²) in [5.74, 6) is 1.19. The molecule has 5 nitrogen and oxygen atoms in total. The molecule has 4 rings (SSSR count). The largest absolute Gasteiger partial charge is 0.325 e. The van der Waals surface area contributed by atoms with Crippen LogP contribution >= 0.6 is 34.9 Å². The van der Waals surface area contributed by atoms with Gasteiger partial charge in [-0.2, -0.15) is 11.8 Å². The summed E-state index contributed by atoms with van der Waals surface area (Å²) in [7, 11) is 0. The van der Waals surface area contributed by atoms with E-state index in [1.165, 1.54) is 0 Å². The van der Waals surface area contributed by atoms with Crippen LogP contribution in [0, 0.1) is 6.92 Å². The Morgan fingerprint density at radius 1 is 1.33 bits per heavy atom. The molecule has 1 fully saturated rings. The highest BCUT2D eigenvalue weighted by Crippen LogP contribution is 2.33. The van der Waals surface area contributed by atoms with Crippen molar-refractivity contribution in [3.8, 4) is 0 Å². The summed E-state index contributed by atoms with van der Waals surface area (Å²) in [4.78, 5) is 24.5. The highest BCUT2D eigenvalue weighted by molar-refractivity contribution is 7.99. The average Bonchev–Trinajstić information content (AvgIpc) is 3.31. The Balaban J connectivity index is 1.45. The van der Waals surface area contributed by atoms with Crippen molar-refractivity contribution in [3.63, 3.8) is 0 Å². The number of hydrogen-bond acceptors (Lipinski definition) is 7.